The first kappa shape index (κ1) is 11.5. The molecule has 80 valence electrons. The molecule has 1 atom stereocenters. The summed E-state index contributed by atoms with van der Waals surface area (Å²) in [5, 5.41) is 8.52. The zero-order valence-corrected chi connectivity index (χ0v) is 9.10. The molecule has 1 aromatic carbocycles. The second-order valence-electron chi connectivity index (χ2n) is 3.70. The van der Waals surface area contributed by atoms with Crippen LogP contribution in [0.3, 0.4) is 0 Å². The maximum absolute atomic E-state index is 8.52. The molecule has 0 radical (unpaired) electrons. The second-order valence-corrected chi connectivity index (χ2v) is 3.70. The molecule has 0 aromatic heterocycles. The molecule has 3 nitrogen and oxygen atoms in total. The third kappa shape index (κ3) is 3.61. The minimum Gasteiger partial charge on any atom is -0.491 e. The van der Waals surface area contributed by atoms with E-state index in [2.05, 4.69) is 6.07 Å². The van der Waals surface area contributed by atoms with Crippen molar-refractivity contribution in [3.63, 3.8) is 0 Å². The van der Waals surface area contributed by atoms with Gasteiger partial charge in [0, 0.05) is 6.04 Å². The number of rotatable bonds is 4. The Bertz CT molecular complexity index is 338. The van der Waals surface area contributed by atoms with Gasteiger partial charge in [-0.2, -0.15) is 5.26 Å². The van der Waals surface area contributed by atoms with Gasteiger partial charge in [0.15, 0.2) is 0 Å². The van der Waals surface area contributed by atoms with Crippen LogP contribution in [0.1, 0.15) is 31.9 Å². The van der Waals surface area contributed by atoms with E-state index in [9.17, 15) is 0 Å². The van der Waals surface area contributed by atoms with Gasteiger partial charge in [-0.1, -0.05) is 12.1 Å². The standard InChI is InChI=1S/C12H16N2O/c1-9(2)15-11-5-3-10(4-6-11)12(14)7-8-13/h3-6,9,12H,7,14H2,1-2H3/t12-/m1/s1. The van der Waals surface area contributed by atoms with Gasteiger partial charge in [-0.25, -0.2) is 0 Å². The summed E-state index contributed by atoms with van der Waals surface area (Å²) in [7, 11) is 0. The van der Waals surface area contributed by atoms with Crippen molar-refractivity contribution in [1.82, 2.24) is 0 Å². The minimum atomic E-state index is -0.205. The van der Waals surface area contributed by atoms with Crippen molar-refractivity contribution in [2.24, 2.45) is 5.73 Å². The Morgan fingerprint density at radius 2 is 1.93 bits per heavy atom. The number of hydrogen-bond donors (Lipinski definition) is 1. The monoisotopic (exact) mass is 204 g/mol. The normalized spacial score (nSPS) is 12.2. The van der Waals surface area contributed by atoms with E-state index in [1.807, 2.05) is 38.1 Å². The highest BCUT2D eigenvalue weighted by molar-refractivity contribution is 5.29. The molecule has 0 saturated heterocycles. The zero-order chi connectivity index (χ0) is 11.3. The Balaban J connectivity index is 2.68. The summed E-state index contributed by atoms with van der Waals surface area (Å²) >= 11 is 0. The van der Waals surface area contributed by atoms with Crippen molar-refractivity contribution in [3.8, 4) is 11.8 Å². The van der Waals surface area contributed by atoms with Crippen LogP contribution in [0.5, 0.6) is 5.75 Å². The van der Waals surface area contributed by atoms with Crippen LogP contribution >= 0.6 is 0 Å². The maximum Gasteiger partial charge on any atom is 0.119 e. The van der Waals surface area contributed by atoms with E-state index in [0.717, 1.165) is 11.3 Å². The van der Waals surface area contributed by atoms with Gasteiger partial charge in [-0.3, -0.25) is 0 Å². The van der Waals surface area contributed by atoms with E-state index >= 15 is 0 Å². The van der Waals surface area contributed by atoms with E-state index in [0.29, 0.717) is 6.42 Å². The third-order valence-electron chi connectivity index (χ3n) is 1.99. The first-order valence-electron chi connectivity index (χ1n) is 5.02. The molecule has 0 spiro atoms. The highest BCUT2D eigenvalue weighted by atomic mass is 16.5. The smallest absolute Gasteiger partial charge is 0.119 e. The van der Waals surface area contributed by atoms with Gasteiger partial charge in [0.1, 0.15) is 5.75 Å². The molecule has 0 aliphatic rings. The van der Waals surface area contributed by atoms with E-state index < -0.39 is 0 Å². The molecular formula is C12H16N2O. The van der Waals surface area contributed by atoms with Crippen molar-refractivity contribution in [1.29, 1.82) is 5.26 Å². The molecule has 0 saturated carbocycles. The molecular weight excluding hydrogens is 188 g/mol. The lowest BCUT2D eigenvalue weighted by molar-refractivity contribution is 0.242. The van der Waals surface area contributed by atoms with E-state index in [1.165, 1.54) is 0 Å². The lowest BCUT2D eigenvalue weighted by atomic mass is 10.1. The SMILES string of the molecule is CC(C)Oc1ccc([C@H](N)CC#N)cc1. The molecule has 0 aliphatic carbocycles. The number of ether oxygens (including phenoxy) is 1. The molecule has 15 heavy (non-hydrogen) atoms. The van der Waals surface area contributed by atoms with Crippen molar-refractivity contribution in [2.45, 2.75) is 32.4 Å². The average molecular weight is 204 g/mol. The van der Waals surface area contributed by atoms with Gasteiger partial charge >= 0.3 is 0 Å². The lowest BCUT2D eigenvalue weighted by Gasteiger charge is -2.11. The van der Waals surface area contributed by atoms with Gasteiger partial charge in [0.05, 0.1) is 18.6 Å². The third-order valence-corrected chi connectivity index (χ3v) is 1.99. The Hall–Kier alpha value is -1.53. The molecule has 2 N–H and O–H groups in total. The van der Waals surface area contributed by atoms with Crippen molar-refractivity contribution < 1.29 is 4.74 Å². The van der Waals surface area contributed by atoms with Gasteiger partial charge in [0.25, 0.3) is 0 Å². The fraction of sp³-hybridized carbons (Fsp3) is 0.417. The van der Waals surface area contributed by atoms with Crippen LogP contribution in [0.4, 0.5) is 0 Å². The largest absolute Gasteiger partial charge is 0.491 e. The van der Waals surface area contributed by atoms with Crippen molar-refractivity contribution >= 4 is 0 Å². The molecule has 1 rings (SSSR count). The number of nitrogens with zero attached hydrogens (tertiary/aromatic N) is 1. The van der Waals surface area contributed by atoms with Gasteiger partial charge in [-0.15, -0.1) is 0 Å². The van der Waals surface area contributed by atoms with Crippen molar-refractivity contribution in [2.75, 3.05) is 0 Å². The van der Waals surface area contributed by atoms with Crippen LogP contribution in [0, 0.1) is 11.3 Å². The number of nitrogens with two attached hydrogens (primary N) is 1. The quantitative estimate of drug-likeness (QED) is 0.819. The predicted molar refractivity (Wildman–Crippen MR) is 59.4 cm³/mol. The summed E-state index contributed by atoms with van der Waals surface area (Å²) in [6, 6.07) is 9.42. The Kier molecular flexibility index (Phi) is 4.14. The first-order valence-corrected chi connectivity index (χ1v) is 5.02. The van der Waals surface area contributed by atoms with Crippen LogP contribution in [-0.2, 0) is 0 Å². The molecule has 1 aromatic rings. The molecule has 0 unspecified atom stereocenters. The van der Waals surface area contributed by atoms with Gasteiger partial charge in [0.2, 0.25) is 0 Å². The molecule has 0 bridgehead atoms. The van der Waals surface area contributed by atoms with E-state index in [1.54, 1.807) is 0 Å². The Morgan fingerprint density at radius 1 is 1.33 bits per heavy atom. The molecule has 0 aliphatic heterocycles. The van der Waals surface area contributed by atoms with E-state index in [4.69, 9.17) is 15.7 Å². The lowest BCUT2D eigenvalue weighted by Crippen LogP contribution is -2.09. The summed E-state index contributed by atoms with van der Waals surface area (Å²) in [6.45, 7) is 3.96. The van der Waals surface area contributed by atoms with Crippen molar-refractivity contribution in [3.05, 3.63) is 29.8 Å². The van der Waals surface area contributed by atoms with Crippen LogP contribution in [-0.4, -0.2) is 6.10 Å². The predicted octanol–water partition coefficient (Wildman–Crippen LogP) is 2.39. The highest BCUT2D eigenvalue weighted by Gasteiger charge is 2.05. The maximum atomic E-state index is 8.52. The Labute approximate surface area is 90.5 Å². The number of hydrogen-bond acceptors (Lipinski definition) is 3. The number of benzene rings is 1. The topological polar surface area (TPSA) is 59.0 Å². The highest BCUT2D eigenvalue weighted by Crippen LogP contribution is 2.18. The fourth-order valence-electron chi connectivity index (χ4n) is 1.28. The Morgan fingerprint density at radius 3 is 2.40 bits per heavy atom. The molecule has 3 heteroatoms. The minimum absolute atomic E-state index is 0.170. The van der Waals surface area contributed by atoms with Crippen LogP contribution < -0.4 is 10.5 Å². The molecule has 0 fully saturated rings. The molecule has 0 amide bonds. The summed E-state index contributed by atoms with van der Waals surface area (Å²) in [4.78, 5) is 0. The summed E-state index contributed by atoms with van der Waals surface area (Å²) in [5.41, 5.74) is 6.76. The average Bonchev–Trinajstić information content (AvgIpc) is 2.18. The zero-order valence-electron chi connectivity index (χ0n) is 9.10. The van der Waals surface area contributed by atoms with E-state index in [-0.39, 0.29) is 12.1 Å². The van der Waals surface area contributed by atoms with Crippen LogP contribution in [0.2, 0.25) is 0 Å². The van der Waals surface area contributed by atoms with Gasteiger partial charge in [-0.05, 0) is 31.5 Å². The molecule has 0 heterocycles. The van der Waals surface area contributed by atoms with Crippen LogP contribution in [0.25, 0.3) is 0 Å². The fourth-order valence-corrected chi connectivity index (χ4v) is 1.28. The number of nitriles is 1. The second kappa shape index (κ2) is 5.38. The summed E-state index contributed by atoms with van der Waals surface area (Å²) < 4.78 is 5.50. The first-order chi connectivity index (χ1) is 7.13. The summed E-state index contributed by atoms with van der Waals surface area (Å²) in [5.74, 6) is 0.831. The van der Waals surface area contributed by atoms with Crippen LogP contribution in [0.15, 0.2) is 24.3 Å². The van der Waals surface area contributed by atoms with Gasteiger partial charge < -0.3 is 10.5 Å². The summed E-state index contributed by atoms with van der Waals surface area (Å²) in [6.07, 6.45) is 0.508.